The molecule has 11 heteroatoms. The molecule has 1 atom stereocenters. The van der Waals surface area contributed by atoms with E-state index in [2.05, 4.69) is 15.0 Å². The van der Waals surface area contributed by atoms with Crippen molar-refractivity contribution in [3.63, 3.8) is 0 Å². The van der Waals surface area contributed by atoms with Crippen LogP contribution in [0.1, 0.15) is 44.3 Å². The van der Waals surface area contributed by atoms with Crippen LogP contribution < -0.4 is 35.3 Å². The lowest BCUT2D eigenvalue weighted by molar-refractivity contribution is 0.0942. The van der Waals surface area contributed by atoms with Gasteiger partial charge in [0.15, 0.2) is 28.7 Å². The highest BCUT2D eigenvalue weighted by Crippen LogP contribution is 2.33. The van der Waals surface area contributed by atoms with Crippen molar-refractivity contribution in [1.29, 1.82) is 0 Å². The summed E-state index contributed by atoms with van der Waals surface area (Å²) in [6.07, 6.45) is 0. The Hall–Kier alpha value is -3.99. The lowest BCUT2D eigenvalue weighted by Gasteiger charge is -2.16. The lowest BCUT2D eigenvalue weighted by atomic mass is 10.1. The molecule has 0 fully saturated rings. The third kappa shape index (κ3) is 4.69. The van der Waals surface area contributed by atoms with E-state index < -0.39 is 11.8 Å². The Morgan fingerprint density at radius 3 is 2.62 bits per heavy atom. The number of nitrogens with two attached hydrogens (primary N) is 1. The van der Waals surface area contributed by atoms with Gasteiger partial charge in [-0.25, -0.2) is 0 Å². The molecule has 1 aliphatic heterocycles. The first-order valence-corrected chi connectivity index (χ1v) is 11.1. The second-order valence-electron chi connectivity index (χ2n) is 7.45. The summed E-state index contributed by atoms with van der Waals surface area (Å²) in [5.41, 5.74) is 7.78. The van der Waals surface area contributed by atoms with Crippen LogP contribution in [-0.4, -0.2) is 37.2 Å². The van der Waals surface area contributed by atoms with Crippen LogP contribution in [0.4, 0.5) is 5.69 Å². The van der Waals surface area contributed by atoms with Gasteiger partial charge in [0.05, 0.1) is 25.9 Å². The number of methoxy groups -OCH3 is 2. The van der Waals surface area contributed by atoms with Gasteiger partial charge in [0, 0.05) is 6.54 Å². The lowest BCUT2D eigenvalue weighted by Crippen LogP contribution is -2.27. The molecule has 2 heterocycles. The predicted octanol–water partition coefficient (Wildman–Crippen LogP) is 2.89. The number of carbonyl (C=O) groups excluding carboxylic acids is 2. The van der Waals surface area contributed by atoms with Crippen LogP contribution in [0.5, 0.6) is 23.0 Å². The molecule has 1 aliphatic rings. The quantitative estimate of drug-likeness (QED) is 0.444. The Kier molecular flexibility index (Phi) is 6.73. The molecule has 4 N–H and O–H groups in total. The van der Waals surface area contributed by atoms with Crippen molar-refractivity contribution < 1.29 is 28.5 Å². The standard InChI is InChI=1S/C23H24N4O6S/c1-12(14-5-7-15(30-2)17(9-14)31-3)26-23(29)21-19(24)20(27-34-21)22(28)25-10-13-4-6-16-18(8-13)33-11-32-16/h4-9,12H,10-11,24H2,1-3H3,(H,25,28)(H,26,29). The summed E-state index contributed by atoms with van der Waals surface area (Å²) >= 11 is 0.872. The predicted molar refractivity (Wildman–Crippen MR) is 126 cm³/mol. The maximum Gasteiger partial charge on any atom is 0.273 e. The van der Waals surface area contributed by atoms with Gasteiger partial charge in [0.1, 0.15) is 4.88 Å². The van der Waals surface area contributed by atoms with Gasteiger partial charge in [-0.15, -0.1) is 0 Å². The highest BCUT2D eigenvalue weighted by atomic mass is 32.1. The molecular formula is C23H24N4O6S. The number of rotatable bonds is 8. The summed E-state index contributed by atoms with van der Waals surface area (Å²) in [4.78, 5) is 25.6. The van der Waals surface area contributed by atoms with Crippen molar-refractivity contribution in [3.05, 3.63) is 58.1 Å². The molecule has 0 saturated carbocycles. The van der Waals surface area contributed by atoms with E-state index in [1.54, 1.807) is 38.5 Å². The first-order chi connectivity index (χ1) is 16.4. The van der Waals surface area contributed by atoms with Gasteiger partial charge in [-0.05, 0) is 53.8 Å². The largest absolute Gasteiger partial charge is 0.493 e. The summed E-state index contributed by atoms with van der Waals surface area (Å²) < 4.78 is 25.3. The molecule has 34 heavy (non-hydrogen) atoms. The highest BCUT2D eigenvalue weighted by Gasteiger charge is 2.24. The number of nitrogen functional groups attached to an aromatic ring is 1. The zero-order valence-corrected chi connectivity index (χ0v) is 19.7. The minimum Gasteiger partial charge on any atom is -0.493 e. The Morgan fingerprint density at radius 2 is 1.85 bits per heavy atom. The van der Waals surface area contributed by atoms with E-state index in [1.807, 2.05) is 19.1 Å². The number of hydrogen-bond donors (Lipinski definition) is 3. The van der Waals surface area contributed by atoms with E-state index in [0.29, 0.717) is 23.0 Å². The van der Waals surface area contributed by atoms with Gasteiger partial charge in [-0.3, -0.25) is 9.59 Å². The molecule has 0 radical (unpaired) electrons. The molecule has 0 aliphatic carbocycles. The molecule has 1 aromatic heterocycles. The Labute approximate surface area is 200 Å². The van der Waals surface area contributed by atoms with Crippen LogP contribution in [-0.2, 0) is 6.54 Å². The molecule has 0 bridgehead atoms. The van der Waals surface area contributed by atoms with Crippen LogP contribution in [0.2, 0.25) is 0 Å². The minimum atomic E-state index is -0.474. The number of fused-ring (bicyclic) bond motifs is 1. The van der Waals surface area contributed by atoms with Crippen molar-refractivity contribution in [3.8, 4) is 23.0 Å². The minimum absolute atomic E-state index is 0.00895. The smallest absolute Gasteiger partial charge is 0.273 e. The Bertz CT molecular complexity index is 1230. The van der Waals surface area contributed by atoms with Crippen LogP contribution in [0.25, 0.3) is 0 Å². The fourth-order valence-corrected chi connectivity index (χ4v) is 4.11. The number of amides is 2. The van der Waals surface area contributed by atoms with Gasteiger partial charge in [-0.2, -0.15) is 4.37 Å². The van der Waals surface area contributed by atoms with E-state index in [1.165, 1.54) is 0 Å². The maximum absolute atomic E-state index is 12.8. The van der Waals surface area contributed by atoms with Gasteiger partial charge < -0.3 is 35.3 Å². The molecule has 10 nitrogen and oxygen atoms in total. The van der Waals surface area contributed by atoms with E-state index in [4.69, 9.17) is 24.7 Å². The molecular weight excluding hydrogens is 460 g/mol. The van der Waals surface area contributed by atoms with E-state index in [9.17, 15) is 9.59 Å². The van der Waals surface area contributed by atoms with Crippen molar-refractivity contribution in [2.24, 2.45) is 0 Å². The first kappa shape index (κ1) is 23.2. The van der Waals surface area contributed by atoms with Crippen molar-refractivity contribution >= 4 is 29.0 Å². The molecule has 2 amide bonds. The fourth-order valence-electron chi connectivity index (χ4n) is 3.41. The summed E-state index contributed by atoms with van der Waals surface area (Å²) in [5.74, 6) is 1.54. The van der Waals surface area contributed by atoms with Crippen LogP contribution in [0.15, 0.2) is 36.4 Å². The second kappa shape index (κ2) is 9.87. The Morgan fingerprint density at radius 1 is 1.09 bits per heavy atom. The zero-order chi connectivity index (χ0) is 24.2. The number of nitrogens with zero attached hydrogens (tertiary/aromatic N) is 1. The van der Waals surface area contributed by atoms with Gasteiger partial charge in [0.25, 0.3) is 11.8 Å². The number of aromatic nitrogens is 1. The van der Waals surface area contributed by atoms with E-state index in [0.717, 1.165) is 22.7 Å². The number of benzene rings is 2. The van der Waals surface area contributed by atoms with Gasteiger partial charge in [0.2, 0.25) is 6.79 Å². The molecule has 178 valence electrons. The topological polar surface area (TPSA) is 134 Å². The van der Waals surface area contributed by atoms with E-state index in [-0.39, 0.29) is 35.6 Å². The van der Waals surface area contributed by atoms with E-state index >= 15 is 0 Å². The number of hydrogen-bond acceptors (Lipinski definition) is 9. The summed E-state index contributed by atoms with van der Waals surface area (Å²) in [6.45, 7) is 2.25. The molecule has 0 saturated heterocycles. The third-order valence-electron chi connectivity index (χ3n) is 5.29. The SMILES string of the molecule is COc1ccc(C(C)NC(=O)c2snc(C(=O)NCc3ccc4c(c3)OCO4)c2N)cc1OC. The molecule has 2 aromatic carbocycles. The van der Waals surface area contributed by atoms with Gasteiger partial charge in [-0.1, -0.05) is 12.1 Å². The van der Waals surface area contributed by atoms with Crippen molar-refractivity contribution in [1.82, 2.24) is 15.0 Å². The molecule has 3 aromatic rings. The molecule has 4 rings (SSSR count). The fraction of sp³-hybridized carbons (Fsp3) is 0.261. The highest BCUT2D eigenvalue weighted by molar-refractivity contribution is 7.09. The first-order valence-electron chi connectivity index (χ1n) is 10.4. The maximum atomic E-state index is 12.8. The van der Waals surface area contributed by atoms with Crippen molar-refractivity contribution in [2.75, 3.05) is 26.7 Å². The van der Waals surface area contributed by atoms with Gasteiger partial charge >= 0.3 is 0 Å². The Balaban J connectivity index is 1.40. The third-order valence-corrected chi connectivity index (χ3v) is 6.16. The van der Waals surface area contributed by atoms with Crippen molar-refractivity contribution in [2.45, 2.75) is 19.5 Å². The normalized spacial score (nSPS) is 12.7. The molecule has 1 unspecified atom stereocenters. The number of carbonyl (C=O) groups is 2. The summed E-state index contributed by atoms with van der Waals surface area (Å²) in [6, 6.07) is 10.4. The number of ether oxygens (including phenoxy) is 4. The summed E-state index contributed by atoms with van der Waals surface area (Å²) in [5, 5.41) is 5.63. The number of anilines is 1. The monoisotopic (exact) mass is 484 g/mol. The average molecular weight is 485 g/mol. The van der Waals surface area contributed by atoms with Crippen LogP contribution >= 0.6 is 11.5 Å². The molecule has 0 spiro atoms. The van der Waals surface area contributed by atoms with Crippen LogP contribution in [0, 0.1) is 0 Å². The zero-order valence-electron chi connectivity index (χ0n) is 18.8. The van der Waals surface area contributed by atoms with Crippen LogP contribution in [0.3, 0.4) is 0 Å². The number of nitrogens with one attached hydrogen (secondary N) is 2. The summed E-state index contributed by atoms with van der Waals surface area (Å²) in [7, 11) is 3.10. The average Bonchev–Trinajstić information content (AvgIpc) is 3.47. The second-order valence-corrected chi connectivity index (χ2v) is 8.23.